The van der Waals surface area contributed by atoms with Crippen molar-refractivity contribution >= 4 is 12.1 Å². The van der Waals surface area contributed by atoms with Crippen molar-refractivity contribution in [3.05, 3.63) is 23.8 Å². The Bertz CT molecular complexity index is 1160. The van der Waals surface area contributed by atoms with E-state index in [1.807, 2.05) is 6.92 Å². The Balaban J connectivity index is 1.21. The molecule has 0 aromatic carbocycles. The smallest absolute Gasteiger partial charge is 0.409 e. The van der Waals surface area contributed by atoms with Crippen molar-refractivity contribution < 1.29 is 28.6 Å². The zero-order valence-corrected chi connectivity index (χ0v) is 20.9. The van der Waals surface area contributed by atoms with Gasteiger partial charge in [-0.25, -0.2) is 19.2 Å². The zero-order chi connectivity index (χ0) is 25.7. The number of halogens is 1. The summed E-state index contributed by atoms with van der Waals surface area (Å²) in [6.45, 7) is 2.30. The molecule has 4 aliphatic rings. The number of amides is 1. The fourth-order valence-corrected chi connectivity index (χ4v) is 6.01. The van der Waals surface area contributed by atoms with Crippen LogP contribution in [0.15, 0.2) is 12.4 Å². The van der Waals surface area contributed by atoms with Gasteiger partial charge in [0.1, 0.15) is 12.3 Å². The number of nitrogens with zero attached hydrogens (tertiary/aromatic N) is 5. The first-order chi connectivity index (χ1) is 17.1. The van der Waals surface area contributed by atoms with Crippen molar-refractivity contribution in [1.29, 1.82) is 0 Å². The predicted molar refractivity (Wildman–Crippen MR) is 126 cm³/mol. The quantitative estimate of drug-likeness (QED) is 0.582. The van der Waals surface area contributed by atoms with Crippen LogP contribution in [-0.2, 0) is 23.2 Å². The predicted octanol–water partition coefficient (Wildman–Crippen LogP) is 3.67. The van der Waals surface area contributed by atoms with Gasteiger partial charge in [-0.15, -0.1) is 0 Å². The third kappa shape index (κ3) is 4.62. The van der Waals surface area contributed by atoms with Gasteiger partial charge in [-0.1, -0.05) is 0 Å². The second-order valence-electron chi connectivity index (χ2n) is 10.8. The Morgan fingerprint density at radius 1 is 1.28 bits per heavy atom. The summed E-state index contributed by atoms with van der Waals surface area (Å²) in [6, 6.07) is 0. The van der Waals surface area contributed by atoms with Crippen LogP contribution in [0.5, 0.6) is 5.75 Å². The van der Waals surface area contributed by atoms with Crippen molar-refractivity contribution in [2.45, 2.75) is 70.2 Å². The Hall–Kier alpha value is -3.24. The molecule has 2 heterocycles. The molecule has 1 amide bonds. The van der Waals surface area contributed by atoms with Crippen molar-refractivity contribution in [3.63, 3.8) is 0 Å². The third-order valence-corrected chi connectivity index (χ3v) is 7.80. The molecule has 2 bridgehead atoms. The minimum absolute atomic E-state index is 0.00559. The van der Waals surface area contributed by atoms with Crippen molar-refractivity contribution in [2.75, 3.05) is 13.6 Å². The first-order valence-corrected chi connectivity index (χ1v) is 12.4. The Morgan fingerprint density at radius 3 is 2.69 bits per heavy atom. The van der Waals surface area contributed by atoms with Crippen LogP contribution in [0.2, 0.25) is 0 Å². The van der Waals surface area contributed by atoms with Crippen molar-refractivity contribution in [3.8, 4) is 17.1 Å². The van der Waals surface area contributed by atoms with Gasteiger partial charge in [0.2, 0.25) is 0 Å². The monoisotopic (exact) mass is 501 g/mol. The zero-order valence-electron chi connectivity index (χ0n) is 20.9. The molecule has 0 unspecified atom stereocenters. The number of hydrogen-bond acceptors (Lipinski definition) is 7. The minimum Gasteiger partial charge on any atom is -0.487 e. The summed E-state index contributed by atoms with van der Waals surface area (Å²) in [7, 11) is 3.43. The molecule has 4 fully saturated rings. The molecule has 0 saturated heterocycles. The molecule has 2 aromatic rings. The number of carboxylic acids is 1. The summed E-state index contributed by atoms with van der Waals surface area (Å²) in [4.78, 5) is 34.5. The van der Waals surface area contributed by atoms with E-state index in [9.17, 15) is 19.1 Å². The lowest BCUT2D eigenvalue weighted by molar-refractivity contribution is -0.217. The van der Waals surface area contributed by atoms with Gasteiger partial charge in [0.15, 0.2) is 11.6 Å². The van der Waals surface area contributed by atoms with E-state index in [2.05, 4.69) is 15.1 Å². The van der Waals surface area contributed by atoms with Gasteiger partial charge in [0.25, 0.3) is 0 Å². The molecule has 1 N–H and O–H groups in total. The number of aliphatic carboxylic acids is 1. The van der Waals surface area contributed by atoms with E-state index in [0.717, 1.165) is 12.8 Å². The largest absolute Gasteiger partial charge is 0.487 e. The van der Waals surface area contributed by atoms with Gasteiger partial charge >= 0.3 is 12.1 Å². The highest BCUT2D eigenvalue weighted by molar-refractivity contribution is 5.70. The number of aromatic nitrogens is 4. The normalized spacial score (nSPS) is 28.6. The molecule has 0 radical (unpaired) electrons. The lowest BCUT2D eigenvalue weighted by Gasteiger charge is -2.66. The van der Waals surface area contributed by atoms with Crippen molar-refractivity contribution in [1.82, 2.24) is 24.6 Å². The molecular formula is C25H32FN5O5. The first kappa shape index (κ1) is 24.5. The SMILES string of the molecule is Cc1nc(-c2cnn(C)c2COC(=O)N(C)CC23CC(F)(C2)C3)ncc1O[C@H]1CCC[C@H](C(=O)O)C1. The van der Waals surface area contributed by atoms with E-state index in [1.54, 1.807) is 31.2 Å². The summed E-state index contributed by atoms with van der Waals surface area (Å²) < 4.78 is 27.0. The summed E-state index contributed by atoms with van der Waals surface area (Å²) in [5.74, 6) is -0.211. The number of carboxylic acid groups (broad SMARTS) is 1. The van der Waals surface area contributed by atoms with Crippen LogP contribution in [0, 0.1) is 18.3 Å². The molecule has 0 spiro atoms. The fourth-order valence-electron chi connectivity index (χ4n) is 6.01. The lowest BCUT2D eigenvalue weighted by atomic mass is 9.42. The molecule has 0 aliphatic heterocycles. The van der Waals surface area contributed by atoms with Crippen LogP contribution >= 0.6 is 0 Å². The van der Waals surface area contributed by atoms with Gasteiger partial charge in [-0.3, -0.25) is 9.48 Å². The van der Waals surface area contributed by atoms with E-state index in [1.165, 1.54) is 4.90 Å². The molecule has 4 saturated carbocycles. The van der Waals surface area contributed by atoms with Gasteiger partial charge in [-0.2, -0.15) is 5.10 Å². The van der Waals surface area contributed by atoms with E-state index in [4.69, 9.17) is 9.47 Å². The topological polar surface area (TPSA) is 120 Å². The maximum Gasteiger partial charge on any atom is 0.409 e. The van der Waals surface area contributed by atoms with Gasteiger partial charge in [-0.05, 0) is 57.3 Å². The molecule has 6 rings (SSSR count). The van der Waals surface area contributed by atoms with Gasteiger partial charge in [0, 0.05) is 20.6 Å². The number of rotatable bonds is 8. The minimum atomic E-state index is -0.996. The van der Waals surface area contributed by atoms with E-state index in [0.29, 0.717) is 67.2 Å². The molecule has 194 valence electrons. The molecule has 2 atom stereocenters. The highest BCUT2D eigenvalue weighted by Gasteiger charge is 2.69. The van der Waals surface area contributed by atoms with Crippen LogP contribution in [0.3, 0.4) is 0 Å². The average Bonchev–Trinajstić information content (AvgIpc) is 3.17. The van der Waals surface area contributed by atoms with Gasteiger partial charge < -0.3 is 19.5 Å². The highest BCUT2D eigenvalue weighted by Crippen LogP contribution is 2.69. The second-order valence-corrected chi connectivity index (χ2v) is 10.8. The van der Waals surface area contributed by atoms with Crippen LogP contribution in [0.25, 0.3) is 11.4 Å². The second kappa shape index (κ2) is 9.01. The van der Waals surface area contributed by atoms with Crippen LogP contribution < -0.4 is 4.74 Å². The summed E-state index contributed by atoms with van der Waals surface area (Å²) in [5, 5.41) is 13.6. The summed E-state index contributed by atoms with van der Waals surface area (Å²) in [5.41, 5.74) is 0.846. The standard InChI is InChI=1S/C25H32FN5O5/c1-15-20(36-17-6-4-5-16(7-17)22(32)33)9-27-21(29-15)18-8-28-31(3)19(18)10-35-23(34)30(2)14-24-11-25(26,12-24)13-24/h8-9,16-17H,4-7,10-14H2,1-3H3,(H,32,33)/t16-,17-,24?,25?/m0/s1. The van der Waals surface area contributed by atoms with Crippen LogP contribution in [-0.4, -0.2) is 67.2 Å². The van der Waals surface area contributed by atoms with Crippen LogP contribution in [0.1, 0.15) is 56.3 Å². The average molecular weight is 502 g/mol. The Labute approximate surface area is 208 Å². The Kier molecular flexibility index (Phi) is 6.12. The Morgan fingerprint density at radius 2 is 2.03 bits per heavy atom. The first-order valence-electron chi connectivity index (χ1n) is 12.4. The lowest BCUT2D eigenvalue weighted by Crippen LogP contribution is -2.67. The van der Waals surface area contributed by atoms with E-state index < -0.39 is 17.7 Å². The molecule has 10 nitrogen and oxygen atoms in total. The molecule has 36 heavy (non-hydrogen) atoms. The van der Waals surface area contributed by atoms with E-state index in [-0.39, 0.29) is 24.0 Å². The number of carbonyl (C=O) groups excluding carboxylic acids is 1. The highest BCUT2D eigenvalue weighted by atomic mass is 19.1. The van der Waals surface area contributed by atoms with Gasteiger partial charge in [0.05, 0.1) is 41.4 Å². The molecule has 2 aromatic heterocycles. The fraction of sp³-hybridized carbons (Fsp3) is 0.640. The summed E-state index contributed by atoms with van der Waals surface area (Å²) in [6.07, 6.45) is 6.92. The number of ether oxygens (including phenoxy) is 2. The number of aryl methyl sites for hydroxylation is 2. The maximum atomic E-state index is 13.8. The maximum absolute atomic E-state index is 13.8. The molecular weight excluding hydrogens is 469 g/mol. The number of carbonyl (C=O) groups is 2. The van der Waals surface area contributed by atoms with Crippen molar-refractivity contribution in [2.24, 2.45) is 18.4 Å². The third-order valence-electron chi connectivity index (χ3n) is 7.80. The molecule has 4 aliphatic carbocycles. The van der Waals surface area contributed by atoms with Crippen LogP contribution in [0.4, 0.5) is 9.18 Å². The number of hydrogen-bond donors (Lipinski definition) is 1. The molecule has 11 heteroatoms. The summed E-state index contributed by atoms with van der Waals surface area (Å²) >= 11 is 0. The number of alkyl halides is 1. The van der Waals surface area contributed by atoms with E-state index >= 15 is 0 Å².